The van der Waals surface area contributed by atoms with Crippen LogP contribution in [0.5, 0.6) is 0 Å². The second kappa shape index (κ2) is 5.17. The lowest BCUT2D eigenvalue weighted by Gasteiger charge is -2.09. The summed E-state index contributed by atoms with van der Waals surface area (Å²) in [4.78, 5) is 5.84. The highest BCUT2D eigenvalue weighted by Gasteiger charge is 2.05. The van der Waals surface area contributed by atoms with E-state index >= 15 is 0 Å². The van der Waals surface area contributed by atoms with Crippen molar-refractivity contribution in [2.24, 2.45) is 0 Å². The van der Waals surface area contributed by atoms with Gasteiger partial charge in [0.2, 0.25) is 0 Å². The number of pyridine rings is 1. The number of nitriles is 1. The second-order valence-corrected chi connectivity index (χ2v) is 5.05. The number of nitrogens with one attached hydrogen (secondary N) is 1. The summed E-state index contributed by atoms with van der Waals surface area (Å²) in [6, 6.07) is 7.79. The summed E-state index contributed by atoms with van der Waals surface area (Å²) in [6.45, 7) is 2.63. The number of thiophene rings is 1. The topological polar surface area (TPSA) is 48.7 Å². The van der Waals surface area contributed by atoms with Gasteiger partial charge in [0, 0.05) is 17.6 Å². The molecule has 0 fully saturated rings. The Morgan fingerprint density at radius 2 is 2.29 bits per heavy atom. The molecule has 0 amide bonds. The first-order valence-corrected chi connectivity index (χ1v) is 6.24. The third-order valence-electron chi connectivity index (χ3n) is 2.32. The van der Waals surface area contributed by atoms with Crippen molar-refractivity contribution in [1.82, 2.24) is 4.98 Å². The fraction of sp³-hybridized carbons (Fsp3) is 0.167. The molecule has 2 rings (SSSR count). The van der Waals surface area contributed by atoms with Gasteiger partial charge in [-0.05, 0) is 30.7 Å². The van der Waals surface area contributed by atoms with E-state index in [0.717, 1.165) is 21.0 Å². The molecule has 3 nitrogen and oxygen atoms in total. The molecule has 5 heteroatoms. The van der Waals surface area contributed by atoms with Crippen LogP contribution in [0, 0.1) is 18.3 Å². The van der Waals surface area contributed by atoms with E-state index in [1.165, 1.54) is 11.3 Å². The second-order valence-electron chi connectivity index (χ2n) is 3.52. The predicted molar refractivity (Wildman–Crippen MR) is 70.3 cm³/mol. The van der Waals surface area contributed by atoms with Crippen molar-refractivity contribution in [3.63, 3.8) is 0 Å². The SMILES string of the molecule is Cc1ccnc(Cl)c1NCc1ccc(C#N)s1. The number of hydrogen-bond donors (Lipinski definition) is 1. The van der Waals surface area contributed by atoms with Crippen LogP contribution < -0.4 is 5.32 Å². The first-order valence-electron chi connectivity index (χ1n) is 5.04. The van der Waals surface area contributed by atoms with Gasteiger partial charge < -0.3 is 5.32 Å². The van der Waals surface area contributed by atoms with Crippen LogP contribution in [0.4, 0.5) is 5.69 Å². The number of anilines is 1. The van der Waals surface area contributed by atoms with Gasteiger partial charge in [-0.2, -0.15) is 5.26 Å². The molecule has 0 unspecified atom stereocenters. The largest absolute Gasteiger partial charge is 0.377 e. The average Bonchev–Trinajstić information content (AvgIpc) is 2.76. The number of hydrogen-bond acceptors (Lipinski definition) is 4. The Morgan fingerprint density at radius 3 is 2.94 bits per heavy atom. The van der Waals surface area contributed by atoms with E-state index in [0.29, 0.717) is 11.7 Å². The van der Waals surface area contributed by atoms with E-state index in [-0.39, 0.29) is 0 Å². The van der Waals surface area contributed by atoms with Gasteiger partial charge in [0.05, 0.1) is 5.69 Å². The van der Waals surface area contributed by atoms with Gasteiger partial charge in [0.1, 0.15) is 10.9 Å². The van der Waals surface area contributed by atoms with Crippen molar-refractivity contribution in [2.75, 3.05) is 5.32 Å². The fourth-order valence-electron chi connectivity index (χ4n) is 1.45. The van der Waals surface area contributed by atoms with Gasteiger partial charge >= 0.3 is 0 Å². The third-order valence-corrected chi connectivity index (χ3v) is 3.60. The Labute approximate surface area is 109 Å². The first kappa shape index (κ1) is 11.9. The van der Waals surface area contributed by atoms with Gasteiger partial charge in [-0.15, -0.1) is 11.3 Å². The number of aryl methyl sites for hydroxylation is 1. The predicted octanol–water partition coefficient (Wildman–Crippen LogP) is 3.59. The zero-order valence-corrected chi connectivity index (χ0v) is 10.8. The minimum absolute atomic E-state index is 0.474. The third kappa shape index (κ3) is 2.76. The number of rotatable bonds is 3. The summed E-state index contributed by atoms with van der Waals surface area (Å²) in [6.07, 6.45) is 1.68. The van der Waals surface area contributed by atoms with Crippen LogP contribution in [0.1, 0.15) is 15.3 Å². The minimum atomic E-state index is 0.474. The molecule has 0 aliphatic rings. The molecule has 0 aromatic carbocycles. The number of aromatic nitrogens is 1. The Kier molecular flexibility index (Phi) is 3.62. The molecule has 0 aliphatic heterocycles. The maximum Gasteiger partial charge on any atom is 0.152 e. The molecule has 0 saturated carbocycles. The molecule has 0 bridgehead atoms. The van der Waals surface area contributed by atoms with Gasteiger partial charge in [0.25, 0.3) is 0 Å². The zero-order chi connectivity index (χ0) is 12.3. The summed E-state index contributed by atoms with van der Waals surface area (Å²) in [5.41, 5.74) is 1.91. The van der Waals surface area contributed by atoms with Crippen LogP contribution >= 0.6 is 22.9 Å². The van der Waals surface area contributed by atoms with Crippen LogP contribution in [0.15, 0.2) is 24.4 Å². The molecule has 2 aromatic rings. The van der Waals surface area contributed by atoms with Crippen molar-refractivity contribution in [2.45, 2.75) is 13.5 Å². The maximum absolute atomic E-state index is 8.73. The van der Waals surface area contributed by atoms with Crippen LogP contribution in [0.2, 0.25) is 5.15 Å². The van der Waals surface area contributed by atoms with Gasteiger partial charge in [-0.1, -0.05) is 11.6 Å². The van der Waals surface area contributed by atoms with Crippen molar-refractivity contribution in [3.05, 3.63) is 44.9 Å². The lowest BCUT2D eigenvalue weighted by atomic mass is 10.2. The van der Waals surface area contributed by atoms with Gasteiger partial charge in [0.15, 0.2) is 5.15 Å². The summed E-state index contributed by atoms with van der Waals surface area (Å²) in [5, 5.41) is 12.4. The van der Waals surface area contributed by atoms with Crippen LogP contribution in [0.25, 0.3) is 0 Å². The molecule has 0 aliphatic carbocycles. The quantitative estimate of drug-likeness (QED) is 0.861. The van der Waals surface area contributed by atoms with Crippen LogP contribution in [0.3, 0.4) is 0 Å². The van der Waals surface area contributed by atoms with E-state index in [9.17, 15) is 0 Å². The van der Waals surface area contributed by atoms with Gasteiger partial charge in [-0.25, -0.2) is 4.98 Å². The van der Waals surface area contributed by atoms with Crippen molar-refractivity contribution in [1.29, 1.82) is 5.26 Å². The normalized spacial score (nSPS) is 9.94. The molecule has 0 radical (unpaired) electrons. The monoisotopic (exact) mass is 263 g/mol. The highest BCUT2D eigenvalue weighted by atomic mass is 35.5. The molecule has 17 heavy (non-hydrogen) atoms. The molecule has 0 spiro atoms. The van der Waals surface area contributed by atoms with E-state index in [1.54, 1.807) is 6.20 Å². The Bertz CT molecular complexity index is 551. The Balaban J connectivity index is 2.10. The van der Waals surface area contributed by atoms with E-state index in [4.69, 9.17) is 16.9 Å². The van der Waals surface area contributed by atoms with E-state index < -0.39 is 0 Å². The molecular formula is C12H10ClN3S. The molecular weight excluding hydrogens is 254 g/mol. The summed E-state index contributed by atoms with van der Waals surface area (Å²) >= 11 is 7.48. The summed E-state index contributed by atoms with van der Waals surface area (Å²) < 4.78 is 0. The molecule has 0 saturated heterocycles. The zero-order valence-electron chi connectivity index (χ0n) is 9.20. The highest BCUT2D eigenvalue weighted by Crippen LogP contribution is 2.24. The van der Waals surface area contributed by atoms with E-state index in [2.05, 4.69) is 16.4 Å². The number of nitrogens with zero attached hydrogens (tertiary/aromatic N) is 2. The average molecular weight is 264 g/mol. The van der Waals surface area contributed by atoms with Crippen molar-refractivity contribution >= 4 is 28.6 Å². The number of halogens is 1. The van der Waals surface area contributed by atoms with E-state index in [1.807, 2.05) is 25.1 Å². The maximum atomic E-state index is 8.73. The fourth-order valence-corrected chi connectivity index (χ4v) is 2.46. The lowest BCUT2D eigenvalue weighted by Crippen LogP contribution is -2.00. The molecule has 2 heterocycles. The minimum Gasteiger partial charge on any atom is -0.377 e. The van der Waals surface area contributed by atoms with Gasteiger partial charge in [-0.3, -0.25) is 0 Å². The summed E-state index contributed by atoms with van der Waals surface area (Å²) in [5.74, 6) is 0. The van der Waals surface area contributed by atoms with Crippen LogP contribution in [-0.4, -0.2) is 4.98 Å². The molecule has 1 N–H and O–H groups in total. The summed E-state index contributed by atoms with van der Waals surface area (Å²) in [7, 11) is 0. The smallest absolute Gasteiger partial charge is 0.152 e. The molecule has 0 atom stereocenters. The van der Waals surface area contributed by atoms with Crippen molar-refractivity contribution in [3.8, 4) is 6.07 Å². The Morgan fingerprint density at radius 1 is 1.47 bits per heavy atom. The lowest BCUT2D eigenvalue weighted by molar-refractivity contribution is 1.16. The van der Waals surface area contributed by atoms with Crippen molar-refractivity contribution < 1.29 is 0 Å². The first-order chi connectivity index (χ1) is 8.20. The Hall–Kier alpha value is -1.57. The molecule has 2 aromatic heterocycles. The molecule has 86 valence electrons. The van der Waals surface area contributed by atoms with Crippen LogP contribution in [-0.2, 0) is 6.54 Å². The highest BCUT2D eigenvalue weighted by molar-refractivity contribution is 7.12. The standard InChI is InChI=1S/C12H10ClN3S/c1-8-4-5-15-12(13)11(8)16-7-10-3-2-9(6-14)17-10/h2-5,16H,7H2,1H3.